The van der Waals surface area contributed by atoms with E-state index in [4.69, 9.17) is 11.6 Å². The van der Waals surface area contributed by atoms with E-state index in [0.29, 0.717) is 16.5 Å². The summed E-state index contributed by atoms with van der Waals surface area (Å²) in [5, 5.41) is 12.0. The minimum Gasteiger partial charge on any atom is -0.337 e. The maximum atomic E-state index is 6.01. The first-order chi connectivity index (χ1) is 10.3. The number of hydrogen-bond donors (Lipinski definition) is 1. The van der Waals surface area contributed by atoms with Crippen LogP contribution in [0.15, 0.2) is 54.9 Å². The molecule has 5 nitrogen and oxygen atoms in total. The fraction of sp³-hybridized carbons (Fsp3) is 0. The van der Waals surface area contributed by atoms with Gasteiger partial charge in [-0.1, -0.05) is 29.8 Å². The number of benzene rings is 2. The molecule has 1 N–H and O–H groups in total. The van der Waals surface area contributed by atoms with Crippen LogP contribution in [0.2, 0.25) is 5.02 Å². The highest BCUT2D eigenvalue weighted by molar-refractivity contribution is 6.30. The first-order valence-corrected chi connectivity index (χ1v) is 6.80. The third-order valence-corrected chi connectivity index (χ3v) is 3.46. The van der Waals surface area contributed by atoms with Crippen molar-refractivity contribution in [3.05, 3.63) is 59.9 Å². The summed E-state index contributed by atoms with van der Waals surface area (Å²) in [7, 11) is 0. The largest absolute Gasteiger partial charge is 0.337 e. The highest BCUT2D eigenvalue weighted by Crippen LogP contribution is 2.24. The Morgan fingerprint density at radius 3 is 2.86 bits per heavy atom. The quantitative estimate of drug-likeness (QED) is 0.613. The van der Waals surface area contributed by atoms with Crippen LogP contribution in [0.5, 0.6) is 0 Å². The van der Waals surface area contributed by atoms with E-state index in [1.165, 1.54) is 0 Å². The summed E-state index contributed by atoms with van der Waals surface area (Å²) in [6.45, 7) is 0. The standard InChI is InChI=1S/C15H10ClN5/c16-10-4-3-5-11(8-10)18-14-15-20-17-9-21(15)13-7-2-1-6-12(13)19-14/h1-9H,(H,18,19). The SMILES string of the molecule is Clc1cccc(Nc2nc3ccccc3n3cnnc23)c1. The zero-order chi connectivity index (χ0) is 14.2. The van der Waals surface area contributed by atoms with Gasteiger partial charge in [0.25, 0.3) is 0 Å². The second-order valence-corrected chi connectivity index (χ2v) is 5.05. The fourth-order valence-corrected chi connectivity index (χ4v) is 2.48. The van der Waals surface area contributed by atoms with Crippen molar-refractivity contribution in [2.45, 2.75) is 0 Å². The molecule has 0 saturated heterocycles. The zero-order valence-corrected chi connectivity index (χ0v) is 11.6. The van der Waals surface area contributed by atoms with Crippen LogP contribution in [-0.2, 0) is 0 Å². The Balaban J connectivity index is 1.92. The van der Waals surface area contributed by atoms with E-state index in [9.17, 15) is 0 Å². The molecule has 0 amide bonds. The van der Waals surface area contributed by atoms with Crippen molar-refractivity contribution >= 4 is 39.8 Å². The molecule has 6 heteroatoms. The summed E-state index contributed by atoms with van der Waals surface area (Å²) in [5.74, 6) is 0.647. The molecule has 4 aromatic rings. The van der Waals surface area contributed by atoms with Crippen molar-refractivity contribution in [3.63, 3.8) is 0 Å². The monoisotopic (exact) mass is 295 g/mol. The highest BCUT2D eigenvalue weighted by Gasteiger charge is 2.10. The average Bonchev–Trinajstić information content (AvgIpc) is 2.97. The molecular formula is C15H10ClN5. The van der Waals surface area contributed by atoms with Crippen molar-refractivity contribution in [1.29, 1.82) is 0 Å². The molecule has 0 bridgehead atoms. The molecule has 0 saturated carbocycles. The molecule has 0 radical (unpaired) electrons. The molecule has 0 atom stereocenters. The Labute approximate surface area is 125 Å². The summed E-state index contributed by atoms with van der Waals surface area (Å²) in [6, 6.07) is 15.3. The van der Waals surface area contributed by atoms with E-state index in [1.807, 2.05) is 52.9 Å². The summed E-state index contributed by atoms with van der Waals surface area (Å²) in [4.78, 5) is 4.62. The van der Waals surface area contributed by atoms with Crippen LogP contribution in [0, 0.1) is 0 Å². The maximum Gasteiger partial charge on any atom is 0.204 e. The van der Waals surface area contributed by atoms with Crippen LogP contribution in [0.1, 0.15) is 0 Å². The lowest BCUT2D eigenvalue weighted by Gasteiger charge is -2.09. The van der Waals surface area contributed by atoms with Crippen LogP contribution in [0.25, 0.3) is 16.7 Å². The Kier molecular flexibility index (Phi) is 2.72. The van der Waals surface area contributed by atoms with E-state index in [0.717, 1.165) is 16.7 Å². The van der Waals surface area contributed by atoms with Crippen molar-refractivity contribution < 1.29 is 0 Å². The summed E-state index contributed by atoms with van der Waals surface area (Å²) in [6.07, 6.45) is 1.68. The van der Waals surface area contributed by atoms with E-state index in [1.54, 1.807) is 6.33 Å². The van der Waals surface area contributed by atoms with Gasteiger partial charge in [-0.2, -0.15) is 0 Å². The van der Waals surface area contributed by atoms with Gasteiger partial charge in [0.2, 0.25) is 5.65 Å². The number of fused-ring (bicyclic) bond motifs is 3. The third-order valence-electron chi connectivity index (χ3n) is 3.22. The van der Waals surface area contributed by atoms with Gasteiger partial charge in [0.05, 0.1) is 11.0 Å². The lowest BCUT2D eigenvalue weighted by Crippen LogP contribution is -1.99. The number of aromatic nitrogens is 4. The van der Waals surface area contributed by atoms with E-state index in [2.05, 4.69) is 20.5 Å². The normalized spacial score (nSPS) is 11.1. The molecule has 2 heterocycles. The van der Waals surface area contributed by atoms with Crippen molar-refractivity contribution in [2.75, 3.05) is 5.32 Å². The molecule has 0 aliphatic carbocycles. The molecule has 0 spiro atoms. The van der Waals surface area contributed by atoms with Gasteiger partial charge in [-0.05, 0) is 30.3 Å². The van der Waals surface area contributed by atoms with Gasteiger partial charge in [-0.15, -0.1) is 10.2 Å². The van der Waals surface area contributed by atoms with Crippen molar-refractivity contribution in [2.24, 2.45) is 0 Å². The number of nitrogens with one attached hydrogen (secondary N) is 1. The molecule has 2 aromatic carbocycles. The van der Waals surface area contributed by atoms with Crippen LogP contribution in [0.3, 0.4) is 0 Å². The van der Waals surface area contributed by atoms with Crippen molar-refractivity contribution in [3.8, 4) is 0 Å². The molecular weight excluding hydrogens is 286 g/mol. The van der Waals surface area contributed by atoms with Gasteiger partial charge >= 0.3 is 0 Å². The average molecular weight is 296 g/mol. The fourth-order valence-electron chi connectivity index (χ4n) is 2.29. The molecule has 0 unspecified atom stereocenters. The van der Waals surface area contributed by atoms with Crippen LogP contribution in [-0.4, -0.2) is 19.6 Å². The summed E-state index contributed by atoms with van der Waals surface area (Å²) >= 11 is 6.01. The minimum atomic E-state index is 0.647. The van der Waals surface area contributed by atoms with E-state index >= 15 is 0 Å². The summed E-state index contributed by atoms with van der Waals surface area (Å²) in [5.41, 5.74) is 3.37. The summed E-state index contributed by atoms with van der Waals surface area (Å²) < 4.78 is 1.91. The van der Waals surface area contributed by atoms with Crippen molar-refractivity contribution in [1.82, 2.24) is 19.6 Å². The molecule has 2 aromatic heterocycles. The molecule has 4 rings (SSSR count). The van der Waals surface area contributed by atoms with Gasteiger partial charge in [0.1, 0.15) is 6.33 Å². The number of nitrogens with zero attached hydrogens (tertiary/aromatic N) is 4. The number of halogens is 1. The molecule has 0 aliphatic heterocycles. The second kappa shape index (κ2) is 4.71. The predicted molar refractivity (Wildman–Crippen MR) is 83.0 cm³/mol. The Morgan fingerprint density at radius 2 is 1.95 bits per heavy atom. The third kappa shape index (κ3) is 2.08. The maximum absolute atomic E-state index is 6.01. The lowest BCUT2D eigenvalue weighted by molar-refractivity contribution is 1.11. The van der Waals surface area contributed by atoms with Gasteiger partial charge in [0, 0.05) is 10.7 Å². The number of rotatable bonds is 2. The molecule has 21 heavy (non-hydrogen) atoms. The van der Waals surface area contributed by atoms with Crippen LogP contribution in [0.4, 0.5) is 11.5 Å². The van der Waals surface area contributed by atoms with Gasteiger partial charge in [0.15, 0.2) is 5.82 Å². The van der Waals surface area contributed by atoms with Crippen LogP contribution < -0.4 is 5.32 Å². The van der Waals surface area contributed by atoms with E-state index < -0.39 is 0 Å². The number of anilines is 2. The zero-order valence-electron chi connectivity index (χ0n) is 10.9. The highest BCUT2D eigenvalue weighted by atomic mass is 35.5. The topological polar surface area (TPSA) is 55.1 Å². The van der Waals surface area contributed by atoms with Gasteiger partial charge in [-0.25, -0.2) is 4.98 Å². The number of para-hydroxylation sites is 2. The Morgan fingerprint density at radius 1 is 1.05 bits per heavy atom. The first kappa shape index (κ1) is 12.1. The minimum absolute atomic E-state index is 0.647. The lowest BCUT2D eigenvalue weighted by atomic mass is 10.3. The first-order valence-electron chi connectivity index (χ1n) is 6.42. The molecule has 0 fully saturated rings. The van der Waals surface area contributed by atoms with E-state index in [-0.39, 0.29) is 0 Å². The molecule has 102 valence electrons. The van der Waals surface area contributed by atoms with Gasteiger partial charge in [-0.3, -0.25) is 4.40 Å². The predicted octanol–water partition coefficient (Wildman–Crippen LogP) is 3.67. The Bertz CT molecular complexity index is 947. The smallest absolute Gasteiger partial charge is 0.204 e. The van der Waals surface area contributed by atoms with Gasteiger partial charge < -0.3 is 5.32 Å². The Hall–Kier alpha value is -2.66. The van der Waals surface area contributed by atoms with Crippen LogP contribution >= 0.6 is 11.6 Å². The molecule has 0 aliphatic rings. The number of hydrogen-bond acceptors (Lipinski definition) is 4. The second-order valence-electron chi connectivity index (χ2n) is 4.61.